The van der Waals surface area contributed by atoms with Gasteiger partial charge in [0.05, 0.1) is 60.9 Å². The summed E-state index contributed by atoms with van der Waals surface area (Å²) >= 11 is 0. The van der Waals surface area contributed by atoms with Crippen molar-refractivity contribution in [3.8, 4) is 5.75 Å². The van der Waals surface area contributed by atoms with E-state index in [4.69, 9.17) is 18.9 Å². The number of ether oxygens (including phenoxy) is 4. The highest BCUT2D eigenvalue weighted by atomic mass is 32.2. The zero-order valence-electron chi connectivity index (χ0n) is 45.5. The molecule has 0 bridgehead atoms. The number of likely N-dealkylation sites (N-methyl/N-ethyl adjacent to an activating group) is 2. The maximum atomic E-state index is 14.5. The van der Waals surface area contributed by atoms with Gasteiger partial charge in [-0.05, 0) is 88.1 Å². The Morgan fingerprint density at radius 2 is 1.40 bits per heavy atom. The second-order valence-corrected chi connectivity index (χ2v) is 23.0. The summed E-state index contributed by atoms with van der Waals surface area (Å²) in [6.07, 6.45) is 1.94. The van der Waals surface area contributed by atoms with E-state index in [0.29, 0.717) is 75.9 Å². The maximum Gasteiger partial charge on any atom is 0.308 e. The molecule has 9 atom stereocenters. The fourth-order valence-electron chi connectivity index (χ4n) is 10.3. The molecule has 4 rings (SSSR count). The number of hydrogen-bond acceptors (Lipinski definition) is 14. The molecule has 6 amide bonds. The molecule has 3 aliphatic rings. The highest BCUT2D eigenvalue weighted by molar-refractivity contribution is 7.90. The Bertz CT molecular complexity index is 2140. The van der Waals surface area contributed by atoms with Crippen molar-refractivity contribution in [3.63, 3.8) is 0 Å². The fourth-order valence-corrected chi connectivity index (χ4v) is 11.7. The van der Waals surface area contributed by atoms with Gasteiger partial charge in [-0.2, -0.15) is 0 Å². The van der Waals surface area contributed by atoms with E-state index in [1.807, 2.05) is 60.5 Å². The average Bonchev–Trinajstić information content (AvgIpc) is 4.12. The molecule has 20 nitrogen and oxygen atoms in total. The number of likely N-dealkylation sites (tertiary alicyclic amines) is 2. The molecule has 0 spiro atoms. The summed E-state index contributed by atoms with van der Waals surface area (Å²) in [4.78, 5) is 102. The molecule has 2 saturated heterocycles. The molecule has 2 heterocycles. The van der Waals surface area contributed by atoms with Crippen LogP contribution >= 0.6 is 0 Å². The molecule has 3 fully saturated rings. The summed E-state index contributed by atoms with van der Waals surface area (Å²) in [7, 11) is 5.68. The van der Waals surface area contributed by atoms with Crippen molar-refractivity contribution in [2.45, 2.75) is 154 Å². The molecule has 412 valence electrons. The number of nitrogens with one attached hydrogen (secondary N) is 3. The lowest BCUT2D eigenvalue weighted by atomic mass is 9.89. The summed E-state index contributed by atoms with van der Waals surface area (Å²) in [5.41, 5.74) is 0.570. The van der Waals surface area contributed by atoms with Crippen LogP contribution in [0.3, 0.4) is 0 Å². The predicted octanol–water partition coefficient (Wildman–Crippen LogP) is 2.76. The Labute approximate surface area is 433 Å². The van der Waals surface area contributed by atoms with E-state index in [2.05, 4.69) is 15.4 Å². The number of piperidine rings is 1. The SMILES string of the molecule is CC[C@H](C)[C@@H]([C@@H](CC(=O)N1CCC[C@H]1[C@H](OC)[C@@H](C)C(=O)N[C@@H](Cc1ccc(OCC(=O)N2CCC(C(=O)OC)CC2)cc1)C(=O)NS(=O)(=O)C1CC1)OC)N(C)C(=O)[C@@H](NC(=O)[C@H](C(C)C)N(C)C)C(C)C. The molecule has 1 aliphatic carbocycles. The van der Waals surface area contributed by atoms with Crippen molar-refractivity contribution < 1.29 is 60.9 Å². The van der Waals surface area contributed by atoms with Crippen LogP contribution in [0.25, 0.3) is 0 Å². The van der Waals surface area contributed by atoms with Crippen LogP contribution in [0.2, 0.25) is 0 Å². The molecule has 0 aromatic heterocycles. The van der Waals surface area contributed by atoms with Gasteiger partial charge in [0.2, 0.25) is 33.7 Å². The fraction of sp³-hybridized carbons (Fsp3) is 0.750. The number of methoxy groups -OCH3 is 3. The van der Waals surface area contributed by atoms with Crippen LogP contribution in [0.15, 0.2) is 24.3 Å². The average molecular weight is 1050 g/mol. The molecule has 1 aromatic carbocycles. The van der Waals surface area contributed by atoms with Crippen LogP contribution < -0.4 is 20.1 Å². The van der Waals surface area contributed by atoms with Gasteiger partial charge < -0.3 is 44.3 Å². The first kappa shape index (κ1) is 60.7. The summed E-state index contributed by atoms with van der Waals surface area (Å²) in [6.45, 7) is 14.3. The smallest absolute Gasteiger partial charge is 0.308 e. The molecular weight excluding hydrogens is 963 g/mol. The Morgan fingerprint density at radius 3 is 1.92 bits per heavy atom. The Morgan fingerprint density at radius 1 is 0.767 bits per heavy atom. The van der Waals surface area contributed by atoms with Crippen molar-refractivity contribution in [1.29, 1.82) is 0 Å². The molecule has 3 N–H and O–H groups in total. The quantitative estimate of drug-likeness (QED) is 0.108. The monoisotopic (exact) mass is 1050 g/mol. The topological polar surface area (TPSA) is 240 Å². The standard InChI is InChI=1S/C52H85N7O13S/c1-14-33(6)46(57(10)51(65)44(31(2)3)54-50(64)45(32(4)5)56(8)9)41(69-11)29-42(60)59-25-15-16-40(59)47(70-12)34(7)48(62)53-39(49(63)55-73(67,68)38-21-22-38)28-35-17-19-37(20-18-35)72-30-43(61)58-26-23-36(24-27-58)52(66)71-13/h17-20,31-34,36,38-41,44-47H,14-16,21-30H2,1-13H3,(H,53,62)(H,54,64)(H,55,63)/t33-,34+,39-,40-,41+,44-,45-,46-,47+/m0/s1. The van der Waals surface area contributed by atoms with Gasteiger partial charge in [-0.3, -0.25) is 43.2 Å². The Hall–Kier alpha value is -4.86. The van der Waals surface area contributed by atoms with Crippen LogP contribution in [0.1, 0.15) is 105 Å². The summed E-state index contributed by atoms with van der Waals surface area (Å²) in [5.74, 6) is -3.92. The number of rotatable bonds is 27. The van der Waals surface area contributed by atoms with E-state index < -0.39 is 75.4 Å². The number of hydrogen-bond donors (Lipinski definition) is 3. The van der Waals surface area contributed by atoms with Crippen molar-refractivity contribution in [1.82, 2.24) is 35.0 Å². The summed E-state index contributed by atoms with van der Waals surface area (Å²) in [6, 6.07) is 2.87. The first-order valence-corrected chi connectivity index (χ1v) is 27.5. The van der Waals surface area contributed by atoms with E-state index in [0.717, 1.165) is 0 Å². The minimum Gasteiger partial charge on any atom is -0.484 e. The van der Waals surface area contributed by atoms with Gasteiger partial charge in [0.1, 0.15) is 17.8 Å². The van der Waals surface area contributed by atoms with Crippen LogP contribution in [0.5, 0.6) is 5.75 Å². The van der Waals surface area contributed by atoms with Gasteiger partial charge in [0.15, 0.2) is 6.61 Å². The molecule has 0 unspecified atom stereocenters. The first-order valence-electron chi connectivity index (χ1n) is 25.9. The minimum absolute atomic E-state index is 0.00101. The van der Waals surface area contributed by atoms with E-state index in [1.165, 1.54) is 21.3 Å². The lowest BCUT2D eigenvalue weighted by molar-refractivity contribution is -0.149. The first-order chi connectivity index (χ1) is 34.4. The number of nitrogens with zero attached hydrogens (tertiary/aromatic N) is 4. The third-order valence-corrected chi connectivity index (χ3v) is 16.7. The maximum absolute atomic E-state index is 14.5. The number of carbonyl (C=O) groups is 7. The second-order valence-electron chi connectivity index (χ2n) is 21.1. The summed E-state index contributed by atoms with van der Waals surface area (Å²) < 4.78 is 50.7. The largest absolute Gasteiger partial charge is 0.484 e. The van der Waals surface area contributed by atoms with Crippen molar-refractivity contribution in [2.24, 2.45) is 29.6 Å². The van der Waals surface area contributed by atoms with Crippen molar-refractivity contribution >= 4 is 51.4 Å². The number of benzene rings is 1. The molecule has 73 heavy (non-hydrogen) atoms. The lowest BCUT2D eigenvalue weighted by Crippen LogP contribution is -2.59. The van der Waals surface area contributed by atoms with Gasteiger partial charge in [-0.1, -0.05) is 67.0 Å². The second kappa shape index (κ2) is 27.6. The Kier molecular flexibility index (Phi) is 23.0. The molecule has 0 radical (unpaired) electrons. The van der Waals surface area contributed by atoms with E-state index in [9.17, 15) is 42.0 Å². The van der Waals surface area contributed by atoms with Crippen LogP contribution in [-0.2, 0) is 64.2 Å². The minimum atomic E-state index is -3.98. The number of carbonyl (C=O) groups excluding carboxylic acids is 7. The normalized spacial score (nSPS) is 19.8. The molecule has 1 saturated carbocycles. The van der Waals surface area contributed by atoms with Gasteiger partial charge in [0, 0.05) is 47.3 Å². The van der Waals surface area contributed by atoms with Crippen LogP contribution in [0, 0.1) is 29.6 Å². The molecule has 1 aromatic rings. The van der Waals surface area contributed by atoms with E-state index in [1.54, 1.807) is 52.9 Å². The highest BCUT2D eigenvalue weighted by Crippen LogP contribution is 2.31. The Balaban J connectivity index is 1.47. The van der Waals surface area contributed by atoms with Crippen molar-refractivity contribution in [2.75, 3.05) is 68.7 Å². The number of amides is 6. The lowest BCUT2D eigenvalue weighted by Gasteiger charge is -2.41. The van der Waals surface area contributed by atoms with Crippen LogP contribution in [-0.4, -0.2) is 186 Å². The van der Waals surface area contributed by atoms with Gasteiger partial charge >= 0.3 is 5.97 Å². The van der Waals surface area contributed by atoms with Gasteiger partial charge in [0.25, 0.3) is 11.8 Å². The predicted molar refractivity (Wildman–Crippen MR) is 274 cm³/mol. The molecule has 21 heteroatoms. The van der Waals surface area contributed by atoms with E-state index >= 15 is 0 Å². The van der Waals surface area contributed by atoms with Crippen LogP contribution in [0.4, 0.5) is 0 Å². The molecular formula is C52H85N7O13S. The number of esters is 1. The van der Waals surface area contributed by atoms with Crippen molar-refractivity contribution in [3.05, 3.63) is 29.8 Å². The van der Waals surface area contributed by atoms with Gasteiger partial charge in [-0.25, -0.2) is 8.42 Å². The van der Waals surface area contributed by atoms with Gasteiger partial charge in [-0.15, -0.1) is 0 Å². The third-order valence-electron chi connectivity index (χ3n) is 14.9. The number of sulfonamides is 1. The third kappa shape index (κ3) is 16.3. The zero-order valence-corrected chi connectivity index (χ0v) is 46.3. The van der Waals surface area contributed by atoms with E-state index in [-0.39, 0.29) is 72.7 Å². The highest BCUT2D eigenvalue weighted by Gasteiger charge is 2.44. The molecule has 2 aliphatic heterocycles. The zero-order chi connectivity index (χ0) is 54.5. The summed E-state index contributed by atoms with van der Waals surface area (Å²) in [5, 5.41) is 5.11.